The van der Waals surface area contributed by atoms with E-state index in [0.717, 1.165) is 6.29 Å². The van der Waals surface area contributed by atoms with E-state index in [1.807, 2.05) is 0 Å². The number of rotatable bonds is 7. The molecule has 0 aromatic carbocycles. The van der Waals surface area contributed by atoms with Gasteiger partial charge in [0.1, 0.15) is 6.29 Å². The second-order valence-electron chi connectivity index (χ2n) is 2.33. The fourth-order valence-corrected chi connectivity index (χ4v) is 0.619. The lowest BCUT2D eigenvalue weighted by Crippen LogP contribution is -2.12. The Kier molecular flexibility index (Phi) is 6.82. The van der Waals surface area contributed by atoms with Gasteiger partial charge in [-0.25, -0.2) is 4.79 Å². The third-order valence-corrected chi connectivity index (χ3v) is 1.22. The first-order valence-corrected chi connectivity index (χ1v) is 4.08. The molecule has 4 nitrogen and oxygen atoms in total. The van der Waals surface area contributed by atoms with Gasteiger partial charge in [-0.3, -0.25) is 0 Å². The molecule has 0 rings (SSSR count). The Morgan fingerprint density at radius 3 is 2.77 bits per heavy atom. The van der Waals surface area contributed by atoms with Crippen molar-refractivity contribution in [3.8, 4) is 0 Å². The molecular formula is C9H14O4. The first-order chi connectivity index (χ1) is 6.22. The van der Waals surface area contributed by atoms with Crippen molar-refractivity contribution in [2.75, 3.05) is 19.8 Å². The maximum Gasteiger partial charge on any atom is 0.335 e. The molecular weight excluding hydrogens is 172 g/mol. The van der Waals surface area contributed by atoms with Crippen molar-refractivity contribution in [1.29, 1.82) is 0 Å². The van der Waals surface area contributed by atoms with Gasteiger partial charge < -0.3 is 14.3 Å². The van der Waals surface area contributed by atoms with E-state index in [2.05, 4.69) is 11.3 Å². The lowest BCUT2D eigenvalue weighted by molar-refractivity contribution is -0.139. The maximum atomic E-state index is 10.9. The number of esters is 1. The van der Waals surface area contributed by atoms with E-state index in [1.54, 1.807) is 6.92 Å². The number of hydrogen-bond donors (Lipinski definition) is 0. The molecule has 0 aromatic rings. The summed E-state index contributed by atoms with van der Waals surface area (Å²) in [4.78, 5) is 20.8. The average molecular weight is 186 g/mol. The summed E-state index contributed by atoms with van der Waals surface area (Å²) < 4.78 is 9.64. The van der Waals surface area contributed by atoms with Gasteiger partial charge in [-0.1, -0.05) is 6.58 Å². The van der Waals surface area contributed by atoms with E-state index in [1.165, 1.54) is 0 Å². The Labute approximate surface area is 77.5 Å². The molecule has 0 bridgehead atoms. The normalized spacial score (nSPS) is 9.31. The average Bonchev–Trinajstić information content (AvgIpc) is 2.12. The maximum absolute atomic E-state index is 10.9. The van der Waals surface area contributed by atoms with E-state index in [0.29, 0.717) is 19.6 Å². The zero-order valence-corrected chi connectivity index (χ0v) is 7.75. The van der Waals surface area contributed by atoms with Gasteiger partial charge in [0.05, 0.1) is 25.4 Å². The Morgan fingerprint density at radius 2 is 2.23 bits per heavy atom. The SMILES string of the molecule is C=C(COCCC=O)C(=O)OCC. The highest BCUT2D eigenvalue weighted by atomic mass is 16.5. The second-order valence-corrected chi connectivity index (χ2v) is 2.33. The zero-order chi connectivity index (χ0) is 10.1. The molecule has 4 heteroatoms. The smallest absolute Gasteiger partial charge is 0.335 e. The standard InChI is InChI=1S/C9H14O4/c1-3-13-9(11)8(2)7-12-6-4-5-10/h5H,2-4,6-7H2,1H3. The van der Waals surface area contributed by atoms with E-state index in [4.69, 9.17) is 4.74 Å². The van der Waals surface area contributed by atoms with Crippen molar-refractivity contribution in [2.24, 2.45) is 0 Å². The molecule has 0 saturated carbocycles. The highest BCUT2D eigenvalue weighted by Gasteiger charge is 2.06. The predicted octanol–water partition coefficient (Wildman–Crippen LogP) is 0.711. The number of hydrogen-bond acceptors (Lipinski definition) is 4. The molecule has 13 heavy (non-hydrogen) atoms. The predicted molar refractivity (Wildman–Crippen MR) is 47.3 cm³/mol. The summed E-state index contributed by atoms with van der Waals surface area (Å²) in [7, 11) is 0. The lowest BCUT2D eigenvalue weighted by atomic mass is 10.3. The van der Waals surface area contributed by atoms with E-state index in [9.17, 15) is 9.59 Å². The van der Waals surface area contributed by atoms with Crippen LogP contribution in [0.25, 0.3) is 0 Å². The van der Waals surface area contributed by atoms with Crippen LogP contribution in [0.1, 0.15) is 13.3 Å². The van der Waals surface area contributed by atoms with Crippen molar-refractivity contribution in [2.45, 2.75) is 13.3 Å². The quantitative estimate of drug-likeness (QED) is 0.254. The molecule has 0 saturated heterocycles. The summed E-state index contributed by atoms with van der Waals surface area (Å²) >= 11 is 0. The van der Waals surface area contributed by atoms with E-state index >= 15 is 0 Å². The molecule has 74 valence electrons. The van der Waals surface area contributed by atoms with Crippen molar-refractivity contribution in [3.05, 3.63) is 12.2 Å². The lowest BCUT2D eigenvalue weighted by Gasteiger charge is -2.04. The molecule has 0 spiro atoms. The van der Waals surface area contributed by atoms with Crippen LogP contribution in [0.15, 0.2) is 12.2 Å². The highest BCUT2D eigenvalue weighted by Crippen LogP contribution is 1.95. The molecule has 0 fully saturated rings. The molecule has 0 amide bonds. The van der Waals surface area contributed by atoms with Crippen molar-refractivity contribution < 1.29 is 19.1 Å². The molecule has 0 N–H and O–H groups in total. The topological polar surface area (TPSA) is 52.6 Å². The summed E-state index contributed by atoms with van der Waals surface area (Å²) in [6, 6.07) is 0. The van der Waals surface area contributed by atoms with Crippen LogP contribution in [-0.2, 0) is 19.1 Å². The van der Waals surface area contributed by atoms with Crippen LogP contribution in [-0.4, -0.2) is 32.1 Å². The first kappa shape index (κ1) is 11.8. The van der Waals surface area contributed by atoms with E-state index < -0.39 is 5.97 Å². The van der Waals surface area contributed by atoms with Gasteiger partial charge in [0.25, 0.3) is 0 Å². The van der Waals surface area contributed by atoms with Gasteiger partial charge in [0.15, 0.2) is 0 Å². The van der Waals surface area contributed by atoms with Crippen LogP contribution in [0.4, 0.5) is 0 Å². The third kappa shape index (κ3) is 6.04. The van der Waals surface area contributed by atoms with Gasteiger partial charge in [0, 0.05) is 6.42 Å². The van der Waals surface area contributed by atoms with Gasteiger partial charge >= 0.3 is 5.97 Å². The van der Waals surface area contributed by atoms with Crippen LogP contribution >= 0.6 is 0 Å². The molecule has 0 atom stereocenters. The Bertz CT molecular complexity index is 186. The molecule has 0 aromatic heterocycles. The van der Waals surface area contributed by atoms with Crippen LogP contribution in [0.5, 0.6) is 0 Å². The summed E-state index contributed by atoms with van der Waals surface area (Å²) in [5.74, 6) is -0.450. The largest absolute Gasteiger partial charge is 0.463 e. The molecule has 0 unspecified atom stereocenters. The van der Waals surface area contributed by atoms with Crippen molar-refractivity contribution in [1.82, 2.24) is 0 Å². The fraction of sp³-hybridized carbons (Fsp3) is 0.556. The molecule has 0 aliphatic carbocycles. The Morgan fingerprint density at radius 1 is 1.54 bits per heavy atom. The van der Waals surface area contributed by atoms with Crippen LogP contribution < -0.4 is 0 Å². The van der Waals surface area contributed by atoms with Crippen LogP contribution in [0.3, 0.4) is 0 Å². The fourth-order valence-electron chi connectivity index (χ4n) is 0.619. The Balaban J connectivity index is 3.50. The summed E-state index contributed by atoms with van der Waals surface area (Å²) in [6.45, 7) is 5.95. The van der Waals surface area contributed by atoms with Gasteiger partial charge in [0.2, 0.25) is 0 Å². The minimum atomic E-state index is -0.450. The first-order valence-electron chi connectivity index (χ1n) is 4.08. The highest BCUT2D eigenvalue weighted by molar-refractivity contribution is 5.87. The van der Waals surface area contributed by atoms with Crippen LogP contribution in [0.2, 0.25) is 0 Å². The monoisotopic (exact) mass is 186 g/mol. The molecule has 0 aliphatic heterocycles. The number of carbonyl (C=O) groups is 2. The molecule has 0 heterocycles. The Hall–Kier alpha value is -1.16. The van der Waals surface area contributed by atoms with Crippen molar-refractivity contribution >= 4 is 12.3 Å². The van der Waals surface area contributed by atoms with Gasteiger partial charge in [-0.15, -0.1) is 0 Å². The summed E-state index contributed by atoms with van der Waals surface area (Å²) in [5, 5.41) is 0. The third-order valence-electron chi connectivity index (χ3n) is 1.22. The second kappa shape index (κ2) is 7.49. The minimum Gasteiger partial charge on any atom is -0.463 e. The summed E-state index contributed by atoms with van der Waals surface area (Å²) in [5.41, 5.74) is 0.271. The van der Waals surface area contributed by atoms with Crippen LogP contribution in [0, 0.1) is 0 Å². The molecule has 0 aliphatic rings. The van der Waals surface area contributed by atoms with Gasteiger partial charge in [-0.05, 0) is 6.92 Å². The van der Waals surface area contributed by atoms with Crippen molar-refractivity contribution in [3.63, 3.8) is 0 Å². The zero-order valence-electron chi connectivity index (χ0n) is 7.75. The number of ether oxygens (including phenoxy) is 2. The van der Waals surface area contributed by atoms with Gasteiger partial charge in [-0.2, -0.15) is 0 Å². The minimum absolute atomic E-state index is 0.118. The molecule has 0 radical (unpaired) electrons. The number of carbonyl (C=O) groups excluding carboxylic acids is 2. The summed E-state index contributed by atoms with van der Waals surface area (Å²) in [6.07, 6.45) is 1.09. The van der Waals surface area contributed by atoms with E-state index in [-0.39, 0.29) is 12.2 Å². The number of aldehydes is 1.